The number of rotatable bonds is 12. The summed E-state index contributed by atoms with van der Waals surface area (Å²) in [5, 5.41) is 0. The van der Waals surface area contributed by atoms with Crippen molar-refractivity contribution in [2.75, 3.05) is 6.54 Å². The third-order valence-electron chi connectivity index (χ3n) is 7.10. The molecule has 0 spiro atoms. The molecule has 6 heteroatoms. The lowest BCUT2D eigenvalue weighted by molar-refractivity contribution is -0.161. The van der Waals surface area contributed by atoms with Gasteiger partial charge in [-0.25, -0.2) is 4.79 Å². The third kappa shape index (κ3) is 7.85. The van der Waals surface area contributed by atoms with Crippen LogP contribution in [-0.2, 0) is 27.2 Å². The normalized spacial score (nSPS) is 16.0. The molecule has 2 atom stereocenters. The van der Waals surface area contributed by atoms with Gasteiger partial charge in [0, 0.05) is 24.5 Å². The van der Waals surface area contributed by atoms with Crippen LogP contribution in [0.5, 0.6) is 0 Å². The smallest absolute Gasteiger partial charge is 0.329 e. The first-order valence-corrected chi connectivity index (χ1v) is 13.7. The Labute approximate surface area is 225 Å². The van der Waals surface area contributed by atoms with Crippen molar-refractivity contribution >= 4 is 17.7 Å². The summed E-state index contributed by atoms with van der Waals surface area (Å²) >= 11 is 0. The zero-order chi connectivity index (χ0) is 26.6. The maximum Gasteiger partial charge on any atom is 0.329 e. The minimum absolute atomic E-state index is 0.244. The van der Waals surface area contributed by atoms with Gasteiger partial charge in [-0.2, -0.15) is 0 Å². The molecule has 1 aromatic heterocycles. The first-order chi connectivity index (χ1) is 18.6. The second kappa shape index (κ2) is 14.2. The van der Waals surface area contributed by atoms with Crippen LogP contribution in [0.15, 0.2) is 85.2 Å². The number of ether oxygens (including phenoxy) is 1. The number of nitrogens with zero attached hydrogens (tertiary/aromatic N) is 2. The van der Waals surface area contributed by atoms with Crippen LogP contribution in [0.4, 0.5) is 0 Å². The third-order valence-corrected chi connectivity index (χ3v) is 7.10. The summed E-state index contributed by atoms with van der Waals surface area (Å²) in [5.74, 6) is -1.61. The summed E-state index contributed by atoms with van der Waals surface area (Å²) in [7, 11) is 0. The molecule has 2 aromatic carbocycles. The number of ketones is 1. The molecule has 0 aliphatic carbocycles. The minimum atomic E-state index is -0.723. The topological polar surface area (TPSA) is 76.6 Å². The molecule has 38 heavy (non-hydrogen) atoms. The molecule has 1 saturated heterocycles. The molecule has 0 bridgehead atoms. The summed E-state index contributed by atoms with van der Waals surface area (Å²) in [6.45, 7) is 0.386. The van der Waals surface area contributed by atoms with Gasteiger partial charge in [0.2, 0.25) is 5.78 Å². The van der Waals surface area contributed by atoms with Gasteiger partial charge in [-0.15, -0.1) is 0 Å². The zero-order valence-electron chi connectivity index (χ0n) is 21.8. The molecular weight excluding hydrogens is 476 g/mol. The fourth-order valence-electron chi connectivity index (χ4n) is 5.03. The van der Waals surface area contributed by atoms with Crippen LogP contribution in [0.25, 0.3) is 0 Å². The average Bonchev–Trinajstić information content (AvgIpc) is 2.98. The average molecular weight is 513 g/mol. The Morgan fingerprint density at radius 1 is 0.842 bits per heavy atom. The number of benzene rings is 2. The molecule has 0 N–H and O–H groups in total. The molecule has 1 aliphatic rings. The number of piperidine rings is 1. The van der Waals surface area contributed by atoms with E-state index in [0.29, 0.717) is 18.5 Å². The van der Waals surface area contributed by atoms with Crippen LogP contribution < -0.4 is 0 Å². The van der Waals surface area contributed by atoms with Gasteiger partial charge < -0.3 is 9.64 Å². The minimum Gasteiger partial charge on any atom is -0.461 e. The lowest BCUT2D eigenvalue weighted by atomic mass is 9.99. The van der Waals surface area contributed by atoms with Crippen LogP contribution in [-0.4, -0.2) is 46.2 Å². The van der Waals surface area contributed by atoms with Gasteiger partial charge in [0.15, 0.2) is 0 Å². The highest BCUT2D eigenvalue weighted by Gasteiger charge is 2.37. The summed E-state index contributed by atoms with van der Waals surface area (Å²) < 4.78 is 6.07. The van der Waals surface area contributed by atoms with Crippen LogP contribution in [0, 0.1) is 0 Å². The maximum atomic E-state index is 13.4. The van der Waals surface area contributed by atoms with Gasteiger partial charge in [0.1, 0.15) is 12.1 Å². The number of amides is 1. The number of Topliss-reactive ketones (excluding diaryl/α,β-unsaturated/α-hetero) is 1. The van der Waals surface area contributed by atoms with Crippen molar-refractivity contribution < 1.29 is 19.1 Å². The molecule has 4 rings (SSSR count). The predicted octanol–water partition coefficient (Wildman–Crippen LogP) is 5.60. The predicted molar refractivity (Wildman–Crippen MR) is 147 cm³/mol. The summed E-state index contributed by atoms with van der Waals surface area (Å²) in [6, 6.07) is 22.1. The Kier molecular flexibility index (Phi) is 10.2. The van der Waals surface area contributed by atoms with E-state index in [2.05, 4.69) is 23.2 Å². The molecule has 6 nitrogen and oxygen atoms in total. The number of likely N-dealkylation sites (tertiary alicyclic amines) is 1. The lowest BCUT2D eigenvalue weighted by Crippen LogP contribution is -2.51. The highest BCUT2D eigenvalue weighted by atomic mass is 16.5. The quantitative estimate of drug-likeness (QED) is 0.179. The standard InChI is InChI=1S/C32H36N2O4/c35-30(27-17-5-2-6-18-27)31(36)34-23-8-7-21-29(34)32(37)38-28(19-9-14-25-12-3-1-4-13-25)20-10-15-26-16-11-22-33-24-26/h1-6,11-13,16-18,22,24,28-29H,7-10,14-15,19-21,23H2/t28?,29-/m0/s1. The van der Waals surface area contributed by atoms with Crippen LogP contribution in [0.2, 0.25) is 0 Å². The molecular formula is C32H36N2O4. The Balaban J connectivity index is 1.39. The van der Waals surface area contributed by atoms with Crippen molar-refractivity contribution in [2.45, 2.75) is 69.9 Å². The zero-order valence-corrected chi connectivity index (χ0v) is 21.8. The largest absolute Gasteiger partial charge is 0.461 e. The second-order valence-electron chi connectivity index (χ2n) is 9.90. The number of hydrogen-bond acceptors (Lipinski definition) is 5. The number of carbonyl (C=O) groups is 3. The van der Waals surface area contributed by atoms with E-state index in [9.17, 15) is 14.4 Å². The van der Waals surface area contributed by atoms with E-state index < -0.39 is 23.7 Å². The Morgan fingerprint density at radius 3 is 2.18 bits per heavy atom. The highest BCUT2D eigenvalue weighted by molar-refractivity contribution is 6.43. The number of carbonyl (C=O) groups excluding carboxylic acids is 3. The molecule has 1 unspecified atom stereocenters. The molecule has 1 amide bonds. The fraction of sp³-hybridized carbons (Fsp3) is 0.375. The number of esters is 1. The fourth-order valence-corrected chi connectivity index (χ4v) is 5.03. The molecule has 1 aliphatic heterocycles. The van der Waals surface area contributed by atoms with Crippen LogP contribution in [0.3, 0.4) is 0 Å². The van der Waals surface area contributed by atoms with E-state index in [1.165, 1.54) is 10.5 Å². The van der Waals surface area contributed by atoms with Gasteiger partial charge in [-0.05, 0) is 75.0 Å². The Hall–Kier alpha value is -3.80. The number of aromatic nitrogens is 1. The van der Waals surface area contributed by atoms with Crippen molar-refractivity contribution in [1.29, 1.82) is 0 Å². The summed E-state index contributed by atoms with van der Waals surface area (Å²) in [6.07, 6.45) is 10.5. The van der Waals surface area contributed by atoms with Gasteiger partial charge in [-0.3, -0.25) is 14.6 Å². The molecule has 2 heterocycles. The first-order valence-electron chi connectivity index (χ1n) is 13.7. The van der Waals surface area contributed by atoms with Gasteiger partial charge >= 0.3 is 5.97 Å². The van der Waals surface area contributed by atoms with Crippen molar-refractivity contribution in [3.63, 3.8) is 0 Å². The Bertz CT molecular complexity index is 1120. The number of aryl methyl sites for hydroxylation is 2. The number of hydrogen-bond donors (Lipinski definition) is 0. The molecule has 198 valence electrons. The SMILES string of the molecule is O=C(C(=O)N1CCCC[C@H]1C(=O)OC(CCCc1ccccc1)CCCc1cccnc1)c1ccccc1. The van der Waals surface area contributed by atoms with E-state index in [0.717, 1.165) is 56.9 Å². The Morgan fingerprint density at radius 2 is 1.50 bits per heavy atom. The molecule has 0 radical (unpaired) electrons. The highest BCUT2D eigenvalue weighted by Crippen LogP contribution is 2.23. The first kappa shape index (κ1) is 27.2. The van der Waals surface area contributed by atoms with Crippen LogP contribution in [0.1, 0.15) is 66.4 Å². The van der Waals surface area contributed by atoms with Crippen molar-refractivity contribution in [3.05, 3.63) is 102 Å². The van der Waals surface area contributed by atoms with Crippen molar-refractivity contribution in [2.24, 2.45) is 0 Å². The van der Waals surface area contributed by atoms with Gasteiger partial charge in [0.05, 0.1) is 0 Å². The molecule has 0 saturated carbocycles. The lowest BCUT2D eigenvalue weighted by Gasteiger charge is -2.34. The molecule has 1 fully saturated rings. The van der Waals surface area contributed by atoms with Crippen molar-refractivity contribution in [1.82, 2.24) is 9.88 Å². The summed E-state index contributed by atoms with van der Waals surface area (Å²) in [5.41, 5.74) is 2.76. The molecule has 3 aromatic rings. The van der Waals surface area contributed by atoms with E-state index >= 15 is 0 Å². The van der Waals surface area contributed by atoms with E-state index in [1.807, 2.05) is 30.5 Å². The monoisotopic (exact) mass is 512 g/mol. The van der Waals surface area contributed by atoms with E-state index in [4.69, 9.17) is 4.74 Å². The van der Waals surface area contributed by atoms with E-state index in [1.54, 1.807) is 36.5 Å². The number of pyridine rings is 1. The second-order valence-corrected chi connectivity index (χ2v) is 9.90. The van der Waals surface area contributed by atoms with Gasteiger partial charge in [-0.1, -0.05) is 66.7 Å². The van der Waals surface area contributed by atoms with Gasteiger partial charge in [0.25, 0.3) is 5.91 Å². The van der Waals surface area contributed by atoms with Crippen molar-refractivity contribution in [3.8, 4) is 0 Å². The van der Waals surface area contributed by atoms with E-state index in [-0.39, 0.29) is 6.10 Å². The van der Waals surface area contributed by atoms with Crippen LogP contribution >= 0.6 is 0 Å². The maximum absolute atomic E-state index is 13.4. The summed E-state index contributed by atoms with van der Waals surface area (Å²) in [4.78, 5) is 45.0.